The molecule has 10 rings (SSSR count). The van der Waals surface area contributed by atoms with Gasteiger partial charge < -0.3 is 24.3 Å². The summed E-state index contributed by atoms with van der Waals surface area (Å²) in [6.45, 7) is 11.5. The van der Waals surface area contributed by atoms with Crippen molar-refractivity contribution in [1.82, 2.24) is 25.3 Å². The van der Waals surface area contributed by atoms with E-state index in [9.17, 15) is 14.8 Å². The van der Waals surface area contributed by atoms with Crippen LogP contribution in [0.25, 0.3) is 60.9 Å². The Morgan fingerprint density at radius 1 is 0.737 bits per heavy atom. The Hall–Kier alpha value is -7.38. The number of benzene rings is 4. The van der Waals surface area contributed by atoms with Crippen LogP contribution in [0.4, 0.5) is 16.2 Å². The van der Waals surface area contributed by atoms with Gasteiger partial charge in [0, 0.05) is 45.3 Å². The first-order valence-electron chi connectivity index (χ1n) is 18.3. The number of nitrogens with one attached hydrogen (secondary N) is 3. The third-order valence-electron chi connectivity index (χ3n) is 10.5. The number of hydroxylamine groups is 1. The van der Waals surface area contributed by atoms with Crippen LogP contribution in [0.2, 0.25) is 0 Å². The van der Waals surface area contributed by atoms with Crippen molar-refractivity contribution in [3.8, 4) is 33.4 Å². The third kappa shape index (κ3) is 5.92. The summed E-state index contributed by atoms with van der Waals surface area (Å²) in [5, 5.41) is 24.9. The topological polar surface area (TPSA) is 179 Å². The largest absolute Gasteiger partial charge is 0.361 e. The van der Waals surface area contributed by atoms with Gasteiger partial charge in [-0.2, -0.15) is 4.99 Å². The maximum Gasteiger partial charge on any atom is 0.346 e. The summed E-state index contributed by atoms with van der Waals surface area (Å²) in [5.74, 6) is 1.45. The summed E-state index contributed by atoms with van der Waals surface area (Å²) in [7, 11) is 0. The predicted molar refractivity (Wildman–Crippen MR) is 218 cm³/mol. The maximum absolute atomic E-state index is 12.1. The number of H-pyrrole nitrogens is 2. The van der Waals surface area contributed by atoms with Gasteiger partial charge in [-0.3, -0.25) is 10.2 Å². The minimum atomic E-state index is -0.396. The number of anilines is 2. The van der Waals surface area contributed by atoms with Crippen molar-refractivity contribution in [1.29, 1.82) is 0 Å². The Bertz CT molecular complexity index is 3160. The lowest BCUT2D eigenvalue weighted by Gasteiger charge is -2.25. The summed E-state index contributed by atoms with van der Waals surface area (Å²) in [6, 6.07) is 23.2. The van der Waals surface area contributed by atoms with Gasteiger partial charge in [-0.25, -0.2) is 14.7 Å². The van der Waals surface area contributed by atoms with Gasteiger partial charge in [-0.15, -0.1) is 0 Å². The smallest absolute Gasteiger partial charge is 0.346 e. The lowest BCUT2D eigenvalue weighted by molar-refractivity contribution is 0.260. The van der Waals surface area contributed by atoms with Gasteiger partial charge in [-0.1, -0.05) is 46.7 Å². The second kappa shape index (κ2) is 13.4. The van der Waals surface area contributed by atoms with Crippen LogP contribution < -0.4 is 26.6 Å². The molecule has 13 nitrogen and oxygen atoms in total. The molecule has 0 unspecified atom stereocenters. The van der Waals surface area contributed by atoms with E-state index in [0.29, 0.717) is 22.5 Å². The van der Waals surface area contributed by atoms with Crippen molar-refractivity contribution >= 4 is 44.9 Å². The Labute approximate surface area is 324 Å². The van der Waals surface area contributed by atoms with Crippen LogP contribution in [0.3, 0.4) is 0 Å². The number of carbonyl (C=O) groups excluding carboxylic acids is 1. The molecule has 0 atom stereocenters. The van der Waals surface area contributed by atoms with Crippen molar-refractivity contribution in [2.75, 3.05) is 10.4 Å². The normalized spacial score (nSPS) is 14.2. The van der Waals surface area contributed by atoms with E-state index in [0.717, 1.165) is 105 Å². The molecule has 0 fully saturated rings. The second-order valence-corrected chi connectivity index (χ2v) is 14.3. The zero-order valence-corrected chi connectivity index (χ0v) is 31.9. The molecule has 282 valence electrons. The zero-order chi connectivity index (χ0) is 39.7. The molecule has 8 aromatic rings. The number of hydrogen-bond acceptors (Lipinski definition) is 9. The fourth-order valence-electron chi connectivity index (χ4n) is 8.07. The molecular formula is C44H36N8O5. The van der Waals surface area contributed by atoms with E-state index < -0.39 is 6.03 Å². The Morgan fingerprint density at radius 2 is 1.42 bits per heavy atom. The number of nitrogens with zero attached hydrogens (tertiary/aromatic N) is 5. The summed E-state index contributed by atoms with van der Waals surface area (Å²) >= 11 is 0. The molecule has 0 saturated carbocycles. The molecule has 0 aliphatic carbocycles. The molecule has 2 aliphatic rings. The highest BCUT2D eigenvalue weighted by Gasteiger charge is 2.24. The van der Waals surface area contributed by atoms with Gasteiger partial charge in [0.2, 0.25) is 0 Å². The molecule has 2 amide bonds. The number of aryl methyl sites for hydroxylation is 5. The number of hydrogen-bond donors (Lipinski definition) is 4. The summed E-state index contributed by atoms with van der Waals surface area (Å²) in [5.41, 5.74) is 14.5. The molecule has 57 heavy (non-hydrogen) atoms. The quantitative estimate of drug-likeness (QED) is 0.139. The highest BCUT2D eigenvalue weighted by molar-refractivity contribution is 6.05. The minimum absolute atomic E-state index is 0.233. The van der Waals surface area contributed by atoms with Gasteiger partial charge in [-0.05, 0) is 111 Å². The number of urea groups is 1. The number of fused-ring (bicyclic) bond motifs is 4. The monoisotopic (exact) mass is 756 g/mol. The Kier molecular flexibility index (Phi) is 8.32. The van der Waals surface area contributed by atoms with Gasteiger partial charge in [0.1, 0.15) is 16.9 Å². The molecule has 4 aromatic heterocycles. The number of imidazole rings is 1. The highest BCUT2D eigenvalue weighted by atomic mass is 16.5. The molecule has 13 heteroatoms. The molecule has 0 spiro atoms. The van der Waals surface area contributed by atoms with Gasteiger partial charge >= 0.3 is 11.7 Å². The summed E-state index contributed by atoms with van der Waals surface area (Å²) in [4.78, 5) is 38.8. The molecular weight excluding hydrogens is 721 g/mol. The maximum atomic E-state index is 12.1. The number of aromatic nitrogens is 5. The van der Waals surface area contributed by atoms with E-state index in [1.165, 1.54) is 0 Å². The molecule has 4 N–H and O–H groups in total. The zero-order valence-electron chi connectivity index (χ0n) is 31.9. The Balaban J connectivity index is 0.000000148. The lowest BCUT2D eigenvalue weighted by atomic mass is 9.91. The van der Waals surface area contributed by atoms with Crippen LogP contribution in [0.15, 0.2) is 110 Å². The van der Waals surface area contributed by atoms with E-state index in [1.807, 2.05) is 108 Å². The molecule has 0 bridgehead atoms. The first-order chi connectivity index (χ1) is 27.5. The van der Waals surface area contributed by atoms with E-state index >= 15 is 0 Å². The fourth-order valence-corrected chi connectivity index (χ4v) is 8.07. The number of carbonyl (C=O) groups is 1. The van der Waals surface area contributed by atoms with Crippen LogP contribution in [0, 0.1) is 34.6 Å². The van der Waals surface area contributed by atoms with E-state index in [1.54, 1.807) is 6.20 Å². The van der Waals surface area contributed by atoms with E-state index in [2.05, 4.69) is 47.7 Å². The van der Waals surface area contributed by atoms with Crippen LogP contribution >= 0.6 is 0 Å². The van der Waals surface area contributed by atoms with Gasteiger partial charge in [0.05, 0.1) is 39.3 Å². The molecule has 4 aromatic carbocycles. The van der Waals surface area contributed by atoms with Crippen molar-refractivity contribution in [2.45, 2.75) is 41.5 Å². The average molecular weight is 757 g/mol. The molecule has 6 heterocycles. The van der Waals surface area contributed by atoms with Crippen LogP contribution in [-0.2, 0) is 0 Å². The number of allylic oxidation sites excluding steroid dienone is 1. The standard InChI is InChI=1S/C22H18N4O3.C22H18N4O2/c1-11-10-26(28)18-7-5-4-6-15(18)19(11)16-8-14(20-12(2)25-29-13(20)3)9-17-21(16)24-22(27)23-17;1-11-10-23-17-7-5-4-6-15(17)19(11)16-8-14(20-12(2)26-28-13(20)3)9-18-21(16)25-22(27)24-18/h4-10,28H,1-3H3,(H,23,27);4-10H,1-3H3,(H2,24,25,27). The van der Waals surface area contributed by atoms with Crippen LogP contribution in [-0.4, -0.2) is 36.5 Å². The molecule has 0 saturated heterocycles. The third-order valence-corrected chi connectivity index (χ3v) is 10.5. The number of para-hydroxylation sites is 2. The average Bonchev–Trinajstić information content (AvgIpc) is 3.95. The number of aromatic amines is 2. The first-order valence-corrected chi connectivity index (χ1v) is 18.3. The summed E-state index contributed by atoms with van der Waals surface area (Å²) < 4.78 is 10.7. The SMILES string of the molecule is CC1=CN(O)c2ccccc2C1=c1cc(-c2c(C)noc2C)cc2c1=NC(=O)N2.Cc1cnc2ccccc2c1-c1cc(-c2c(C)noc2C)cc2[nH]c(=O)[nH]c12. The van der Waals surface area contributed by atoms with Crippen LogP contribution in [0.5, 0.6) is 0 Å². The van der Waals surface area contributed by atoms with E-state index in [-0.39, 0.29) is 5.69 Å². The van der Waals surface area contributed by atoms with Crippen LogP contribution in [0.1, 0.15) is 41.0 Å². The van der Waals surface area contributed by atoms with Gasteiger partial charge in [0.15, 0.2) is 0 Å². The summed E-state index contributed by atoms with van der Waals surface area (Å²) in [6.07, 6.45) is 3.54. The van der Waals surface area contributed by atoms with E-state index in [4.69, 9.17) is 9.05 Å². The van der Waals surface area contributed by atoms with Gasteiger partial charge in [0.25, 0.3) is 0 Å². The Morgan fingerprint density at radius 3 is 2.14 bits per heavy atom. The lowest BCUT2D eigenvalue weighted by Crippen LogP contribution is -2.30. The number of amides is 2. The predicted octanol–water partition coefficient (Wildman–Crippen LogP) is 8.09. The molecule has 2 aliphatic heterocycles. The minimum Gasteiger partial charge on any atom is -0.361 e. The number of pyridine rings is 1. The van der Waals surface area contributed by atoms with Crippen molar-refractivity contribution in [3.05, 3.63) is 146 Å². The fraction of sp³-hybridized carbons (Fsp3) is 0.136. The van der Waals surface area contributed by atoms with Crippen molar-refractivity contribution in [2.24, 2.45) is 4.99 Å². The highest BCUT2D eigenvalue weighted by Crippen LogP contribution is 2.39. The second-order valence-electron chi connectivity index (χ2n) is 14.3. The molecule has 0 radical (unpaired) electrons. The van der Waals surface area contributed by atoms with Crippen molar-refractivity contribution < 1.29 is 19.0 Å². The van der Waals surface area contributed by atoms with Crippen molar-refractivity contribution in [3.63, 3.8) is 0 Å². The number of rotatable bonds is 3. The first kappa shape index (κ1) is 35.3.